The normalized spacial score (nSPS) is 22.9. The van der Waals surface area contributed by atoms with Gasteiger partial charge in [0.15, 0.2) is 0 Å². The number of nitrogens with zero attached hydrogens (tertiary/aromatic N) is 3. The zero-order valence-electron chi connectivity index (χ0n) is 18.3. The van der Waals surface area contributed by atoms with E-state index in [1.54, 1.807) is 21.9 Å². The SMILES string of the molecule is CCC(=O)N1CCC2(CC1)NC(=O)N([C@H]1CCCN(C(=O)Cc3ccc(F)cc3)C1)C2=O. The molecule has 5 amide bonds. The Balaban J connectivity index is 1.40. The number of imide groups is 1. The van der Waals surface area contributed by atoms with Gasteiger partial charge in [-0.05, 0) is 43.4 Å². The number of likely N-dealkylation sites (tertiary alicyclic amines) is 2. The summed E-state index contributed by atoms with van der Waals surface area (Å²) in [6.07, 6.45) is 2.72. The van der Waals surface area contributed by atoms with E-state index in [1.165, 1.54) is 17.0 Å². The van der Waals surface area contributed by atoms with E-state index in [-0.39, 0.29) is 36.0 Å². The number of carbonyl (C=O) groups excluding carboxylic acids is 4. The molecule has 4 rings (SSSR count). The van der Waals surface area contributed by atoms with Crippen molar-refractivity contribution in [2.45, 2.75) is 57.0 Å². The molecule has 0 unspecified atom stereocenters. The number of nitrogens with one attached hydrogen (secondary N) is 1. The number of amides is 5. The number of hydrogen-bond acceptors (Lipinski definition) is 4. The molecule has 1 spiro atoms. The van der Waals surface area contributed by atoms with Gasteiger partial charge in [-0.25, -0.2) is 9.18 Å². The number of hydrogen-bond donors (Lipinski definition) is 1. The average Bonchev–Trinajstić information content (AvgIpc) is 3.04. The van der Waals surface area contributed by atoms with E-state index in [2.05, 4.69) is 5.32 Å². The van der Waals surface area contributed by atoms with Crippen molar-refractivity contribution in [2.75, 3.05) is 26.2 Å². The third-order valence-electron chi connectivity index (χ3n) is 6.85. The highest BCUT2D eigenvalue weighted by Gasteiger charge is 2.54. The molecule has 172 valence electrons. The fourth-order valence-electron chi connectivity index (χ4n) is 4.95. The summed E-state index contributed by atoms with van der Waals surface area (Å²) < 4.78 is 13.1. The molecule has 3 saturated heterocycles. The first-order chi connectivity index (χ1) is 15.3. The molecule has 1 aromatic carbocycles. The molecule has 0 saturated carbocycles. The molecule has 1 N–H and O–H groups in total. The molecule has 1 atom stereocenters. The van der Waals surface area contributed by atoms with E-state index < -0.39 is 11.6 Å². The molecular weight excluding hydrogens is 415 g/mol. The predicted octanol–water partition coefficient (Wildman–Crippen LogP) is 1.68. The van der Waals surface area contributed by atoms with Gasteiger partial charge in [0.25, 0.3) is 5.91 Å². The third kappa shape index (κ3) is 4.20. The van der Waals surface area contributed by atoms with Gasteiger partial charge < -0.3 is 15.1 Å². The highest BCUT2D eigenvalue weighted by atomic mass is 19.1. The van der Waals surface area contributed by atoms with Crippen molar-refractivity contribution in [1.29, 1.82) is 0 Å². The lowest BCUT2D eigenvalue weighted by molar-refractivity contribution is -0.141. The van der Waals surface area contributed by atoms with Crippen LogP contribution in [0.5, 0.6) is 0 Å². The Labute approximate surface area is 186 Å². The molecule has 3 aliphatic rings. The number of halogens is 1. The minimum Gasteiger partial charge on any atom is -0.343 e. The van der Waals surface area contributed by atoms with E-state index >= 15 is 0 Å². The minimum absolute atomic E-state index is 0.0519. The van der Waals surface area contributed by atoms with Crippen molar-refractivity contribution >= 4 is 23.8 Å². The van der Waals surface area contributed by atoms with Gasteiger partial charge in [-0.1, -0.05) is 19.1 Å². The summed E-state index contributed by atoms with van der Waals surface area (Å²) in [6, 6.07) is 5.05. The summed E-state index contributed by atoms with van der Waals surface area (Å²) in [5.74, 6) is -0.647. The largest absolute Gasteiger partial charge is 0.343 e. The van der Waals surface area contributed by atoms with Crippen LogP contribution in [-0.4, -0.2) is 76.2 Å². The fourth-order valence-corrected chi connectivity index (χ4v) is 4.95. The Kier molecular flexibility index (Phi) is 6.17. The van der Waals surface area contributed by atoms with Crippen LogP contribution >= 0.6 is 0 Å². The van der Waals surface area contributed by atoms with E-state index in [4.69, 9.17) is 0 Å². The van der Waals surface area contributed by atoms with Crippen molar-refractivity contribution in [3.8, 4) is 0 Å². The van der Waals surface area contributed by atoms with Crippen LogP contribution in [0.2, 0.25) is 0 Å². The molecule has 3 fully saturated rings. The molecule has 3 aliphatic heterocycles. The van der Waals surface area contributed by atoms with Gasteiger partial charge >= 0.3 is 6.03 Å². The predicted molar refractivity (Wildman–Crippen MR) is 114 cm³/mol. The van der Waals surface area contributed by atoms with Gasteiger partial charge in [0.05, 0.1) is 12.5 Å². The Morgan fingerprint density at radius 3 is 2.41 bits per heavy atom. The zero-order chi connectivity index (χ0) is 22.9. The van der Waals surface area contributed by atoms with Crippen LogP contribution in [0, 0.1) is 5.82 Å². The number of carbonyl (C=O) groups is 4. The van der Waals surface area contributed by atoms with Crippen LogP contribution in [0.1, 0.15) is 44.6 Å². The standard InChI is InChI=1S/C23H29FN4O4/c1-2-19(29)26-12-9-23(10-13-26)21(31)28(22(32)25-23)18-4-3-11-27(15-18)20(30)14-16-5-7-17(24)8-6-16/h5-8,18H,2-4,9-15H2,1H3,(H,25,32)/t18-/m0/s1. The van der Waals surface area contributed by atoms with Gasteiger partial charge in [-0.3, -0.25) is 19.3 Å². The van der Waals surface area contributed by atoms with E-state index in [1.807, 2.05) is 6.92 Å². The Bertz CT molecular complexity index is 911. The summed E-state index contributed by atoms with van der Waals surface area (Å²) in [5, 5.41) is 2.89. The van der Waals surface area contributed by atoms with Gasteiger partial charge in [-0.15, -0.1) is 0 Å². The van der Waals surface area contributed by atoms with Gasteiger partial charge in [-0.2, -0.15) is 0 Å². The molecule has 0 bridgehead atoms. The molecule has 0 aliphatic carbocycles. The van der Waals surface area contributed by atoms with Crippen LogP contribution in [-0.2, 0) is 20.8 Å². The second kappa shape index (κ2) is 8.88. The lowest BCUT2D eigenvalue weighted by atomic mass is 9.87. The lowest BCUT2D eigenvalue weighted by Crippen LogP contribution is -2.57. The highest BCUT2D eigenvalue weighted by molar-refractivity contribution is 6.07. The summed E-state index contributed by atoms with van der Waals surface area (Å²) >= 11 is 0. The molecule has 8 nitrogen and oxygen atoms in total. The van der Waals surface area contributed by atoms with Gasteiger partial charge in [0, 0.05) is 32.6 Å². The van der Waals surface area contributed by atoms with Gasteiger partial charge in [0.1, 0.15) is 11.4 Å². The smallest absolute Gasteiger partial charge is 0.325 e. The summed E-state index contributed by atoms with van der Waals surface area (Å²) in [7, 11) is 0. The maximum Gasteiger partial charge on any atom is 0.325 e. The minimum atomic E-state index is -0.956. The summed E-state index contributed by atoms with van der Waals surface area (Å²) in [4.78, 5) is 55.6. The quantitative estimate of drug-likeness (QED) is 0.716. The summed E-state index contributed by atoms with van der Waals surface area (Å²) in [5.41, 5.74) is -0.233. The number of benzene rings is 1. The summed E-state index contributed by atoms with van der Waals surface area (Å²) in [6.45, 7) is 3.57. The van der Waals surface area contributed by atoms with E-state index in [0.29, 0.717) is 58.3 Å². The molecule has 0 radical (unpaired) electrons. The molecule has 0 aromatic heterocycles. The maximum absolute atomic E-state index is 13.3. The van der Waals surface area contributed by atoms with Crippen LogP contribution in [0.3, 0.4) is 0 Å². The van der Waals surface area contributed by atoms with E-state index in [9.17, 15) is 23.6 Å². The first kappa shape index (κ1) is 22.2. The van der Waals surface area contributed by atoms with E-state index in [0.717, 1.165) is 5.56 Å². The Hall–Kier alpha value is -2.97. The second-order valence-electron chi connectivity index (χ2n) is 8.86. The number of piperidine rings is 2. The van der Waals surface area contributed by atoms with Crippen LogP contribution in [0.15, 0.2) is 24.3 Å². The average molecular weight is 445 g/mol. The van der Waals surface area contributed by atoms with Gasteiger partial charge in [0.2, 0.25) is 11.8 Å². The van der Waals surface area contributed by atoms with Crippen molar-refractivity contribution < 1.29 is 23.6 Å². The van der Waals surface area contributed by atoms with Crippen LogP contribution < -0.4 is 5.32 Å². The molecular formula is C23H29FN4O4. The monoisotopic (exact) mass is 444 g/mol. The van der Waals surface area contributed by atoms with Crippen molar-refractivity contribution in [1.82, 2.24) is 20.0 Å². The van der Waals surface area contributed by atoms with Crippen LogP contribution in [0.25, 0.3) is 0 Å². The van der Waals surface area contributed by atoms with Crippen molar-refractivity contribution in [3.05, 3.63) is 35.6 Å². The first-order valence-electron chi connectivity index (χ1n) is 11.3. The number of urea groups is 1. The molecule has 3 heterocycles. The topological polar surface area (TPSA) is 90.0 Å². The van der Waals surface area contributed by atoms with Crippen molar-refractivity contribution in [2.24, 2.45) is 0 Å². The van der Waals surface area contributed by atoms with Crippen molar-refractivity contribution in [3.63, 3.8) is 0 Å². The van der Waals surface area contributed by atoms with Crippen LogP contribution in [0.4, 0.5) is 9.18 Å². The maximum atomic E-state index is 13.3. The number of rotatable bonds is 4. The fraction of sp³-hybridized carbons (Fsp3) is 0.565. The second-order valence-corrected chi connectivity index (χ2v) is 8.86. The Morgan fingerprint density at radius 2 is 1.75 bits per heavy atom. The molecule has 1 aromatic rings. The molecule has 32 heavy (non-hydrogen) atoms. The zero-order valence-corrected chi connectivity index (χ0v) is 18.3. The lowest BCUT2D eigenvalue weighted by Gasteiger charge is -2.39. The molecule has 9 heteroatoms. The highest BCUT2D eigenvalue weighted by Crippen LogP contribution is 2.32. The first-order valence-corrected chi connectivity index (χ1v) is 11.3. The Morgan fingerprint density at radius 1 is 1.06 bits per heavy atom. The third-order valence-corrected chi connectivity index (χ3v) is 6.85.